The molecular weight excluding hydrogens is 176 g/mol. The van der Waals surface area contributed by atoms with E-state index in [4.69, 9.17) is 4.74 Å². The van der Waals surface area contributed by atoms with Crippen LogP contribution in [-0.2, 0) is 0 Å². The number of hydrogen-bond acceptors (Lipinski definition) is 2. The van der Waals surface area contributed by atoms with Gasteiger partial charge < -0.3 is 4.74 Å². The summed E-state index contributed by atoms with van der Waals surface area (Å²) < 4.78 is 5.44. The molecule has 2 nitrogen and oxygen atoms in total. The van der Waals surface area contributed by atoms with Crippen molar-refractivity contribution in [3.63, 3.8) is 0 Å². The van der Waals surface area contributed by atoms with Crippen molar-refractivity contribution >= 4 is 5.78 Å². The molecule has 0 saturated heterocycles. The molecule has 1 aliphatic rings. The Balaban J connectivity index is 2.39. The molecule has 0 unspecified atom stereocenters. The Kier molecular flexibility index (Phi) is 2.12. The zero-order valence-electron chi connectivity index (χ0n) is 8.28. The first kappa shape index (κ1) is 9.00. The minimum absolute atomic E-state index is 0.00528. The molecule has 0 atom stereocenters. The van der Waals surface area contributed by atoms with Crippen LogP contribution in [0.3, 0.4) is 0 Å². The van der Waals surface area contributed by atoms with Gasteiger partial charge >= 0.3 is 0 Å². The Labute approximate surface area is 83.2 Å². The van der Waals surface area contributed by atoms with Gasteiger partial charge in [-0.25, -0.2) is 0 Å². The van der Waals surface area contributed by atoms with Gasteiger partial charge in [-0.15, -0.1) is 0 Å². The van der Waals surface area contributed by atoms with Crippen LogP contribution in [0.4, 0.5) is 0 Å². The molecule has 0 amide bonds. The van der Waals surface area contributed by atoms with Crippen molar-refractivity contribution in [1.82, 2.24) is 0 Å². The first-order chi connectivity index (χ1) is 6.68. The second-order valence-corrected chi connectivity index (χ2v) is 3.70. The summed E-state index contributed by atoms with van der Waals surface area (Å²) in [5.74, 6) is 1.45. The van der Waals surface area contributed by atoms with Gasteiger partial charge in [0.2, 0.25) is 5.78 Å². The Hall–Kier alpha value is -1.57. The number of carbonyl (C=O) groups excluding carboxylic acids is 1. The number of rotatable bonds is 1. The third kappa shape index (κ3) is 1.43. The zero-order chi connectivity index (χ0) is 10.1. The molecule has 0 spiro atoms. The molecule has 0 N–H and O–H groups in total. The number of carbonyl (C=O) groups is 1. The first-order valence-electron chi connectivity index (χ1n) is 4.72. The van der Waals surface area contributed by atoms with Crippen molar-refractivity contribution in [3.05, 3.63) is 41.7 Å². The summed E-state index contributed by atoms with van der Waals surface area (Å²) in [6, 6.07) is 7.32. The van der Waals surface area contributed by atoms with E-state index < -0.39 is 0 Å². The SMILES string of the molecule is CC(C)C=C1Oc2ccccc2C1=O. The lowest BCUT2D eigenvalue weighted by Crippen LogP contribution is -2.00. The number of allylic oxidation sites excluding steroid dienone is 2. The Morgan fingerprint density at radius 2 is 2.00 bits per heavy atom. The molecule has 1 heterocycles. The molecule has 0 aromatic heterocycles. The average Bonchev–Trinajstić information content (AvgIpc) is 2.44. The van der Waals surface area contributed by atoms with Crippen molar-refractivity contribution in [2.24, 2.45) is 5.92 Å². The fourth-order valence-corrected chi connectivity index (χ4v) is 1.45. The number of para-hydroxylation sites is 1. The predicted octanol–water partition coefficient (Wildman–Crippen LogP) is 2.80. The largest absolute Gasteiger partial charge is 0.453 e. The highest BCUT2D eigenvalue weighted by molar-refractivity contribution is 6.12. The maximum absolute atomic E-state index is 11.7. The van der Waals surface area contributed by atoms with Crippen molar-refractivity contribution in [1.29, 1.82) is 0 Å². The standard InChI is InChI=1S/C12H12O2/c1-8(2)7-11-12(13)9-5-3-4-6-10(9)14-11/h3-8H,1-2H3. The molecule has 14 heavy (non-hydrogen) atoms. The van der Waals surface area contributed by atoms with Crippen LogP contribution in [0.25, 0.3) is 0 Å². The van der Waals surface area contributed by atoms with E-state index in [1.54, 1.807) is 6.07 Å². The second-order valence-electron chi connectivity index (χ2n) is 3.70. The fraction of sp³-hybridized carbons (Fsp3) is 0.250. The molecule has 2 rings (SSSR count). The fourth-order valence-electron chi connectivity index (χ4n) is 1.45. The van der Waals surface area contributed by atoms with Gasteiger partial charge in [0.15, 0.2) is 5.76 Å². The van der Waals surface area contributed by atoms with Gasteiger partial charge in [-0.1, -0.05) is 26.0 Å². The normalized spacial score (nSPS) is 17.4. The van der Waals surface area contributed by atoms with Crippen LogP contribution in [0, 0.1) is 5.92 Å². The lowest BCUT2D eigenvalue weighted by Gasteiger charge is -1.99. The van der Waals surface area contributed by atoms with E-state index in [-0.39, 0.29) is 5.78 Å². The van der Waals surface area contributed by atoms with E-state index in [0.29, 0.717) is 23.0 Å². The van der Waals surface area contributed by atoms with Gasteiger partial charge in [0.1, 0.15) is 5.75 Å². The molecule has 0 aliphatic carbocycles. The number of hydrogen-bond donors (Lipinski definition) is 0. The molecule has 0 fully saturated rings. The highest BCUT2D eigenvalue weighted by atomic mass is 16.5. The maximum Gasteiger partial charge on any atom is 0.231 e. The van der Waals surface area contributed by atoms with Gasteiger partial charge in [-0.05, 0) is 24.1 Å². The Morgan fingerprint density at radius 3 is 2.64 bits per heavy atom. The predicted molar refractivity (Wildman–Crippen MR) is 54.3 cm³/mol. The quantitative estimate of drug-likeness (QED) is 0.633. The zero-order valence-corrected chi connectivity index (χ0v) is 8.28. The highest BCUT2D eigenvalue weighted by Gasteiger charge is 2.26. The topological polar surface area (TPSA) is 26.3 Å². The van der Waals surface area contributed by atoms with Crippen LogP contribution in [0.15, 0.2) is 36.1 Å². The van der Waals surface area contributed by atoms with Crippen molar-refractivity contribution in [3.8, 4) is 5.75 Å². The van der Waals surface area contributed by atoms with Crippen LogP contribution in [0.2, 0.25) is 0 Å². The summed E-state index contributed by atoms with van der Waals surface area (Å²) in [7, 11) is 0. The van der Waals surface area contributed by atoms with Crippen molar-refractivity contribution in [2.75, 3.05) is 0 Å². The Bertz CT molecular complexity index is 403. The van der Waals surface area contributed by atoms with Gasteiger partial charge in [0.25, 0.3) is 0 Å². The number of Topliss-reactive ketones (excluding diaryl/α,β-unsaturated/α-hetero) is 1. The molecular formula is C12H12O2. The van der Waals surface area contributed by atoms with E-state index in [0.717, 1.165) is 0 Å². The summed E-state index contributed by atoms with van der Waals surface area (Å²) in [6.45, 7) is 4.04. The summed E-state index contributed by atoms with van der Waals surface area (Å²) >= 11 is 0. The molecule has 2 heteroatoms. The van der Waals surface area contributed by atoms with Crippen molar-refractivity contribution in [2.45, 2.75) is 13.8 Å². The third-order valence-corrected chi connectivity index (χ3v) is 2.06. The molecule has 1 aromatic rings. The monoisotopic (exact) mass is 188 g/mol. The van der Waals surface area contributed by atoms with E-state index >= 15 is 0 Å². The van der Waals surface area contributed by atoms with E-state index in [1.165, 1.54) is 0 Å². The molecule has 1 aromatic carbocycles. The minimum Gasteiger partial charge on any atom is -0.453 e. The highest BCUT2D eigenvalue weighted by Crippen LogP contribution is 2.30. The number of ether oxygens (including phenoxy) is 1. The van der Waals surface area contributed by atoms with E-state index in [9.17, 15) is 4.79 Å². The summed E-state index contributed by atoms with van der Waals surface area (Å²) in [6.07, 6.45) is 1.85. The van der Waals surface area contributed by atoms with Gasteiger partial charge in [-0.2, -0.15) is 0 Å². The van der Waals surface area contributed by atoms with Crippen LogP contribution in [-0.4, -0.2) is 5.78 Å². The lowest BCUT2D eigenvalue weighted by molar-refractivity contribution is 0.101. The second kappa shape index (κ2) is 3.29. The van der Waals surface area contributed by atoms with Gasteiger partial charge in [0, 0.05) is 0 Å². The molecule has 1 aliphatic heterocycles. The molecule has 0 saturated carbocycles. The first-order valence-corrected chi connectivity index (χ1v) is 4.72. The summed E-state index contributed by atoms with van der Waals surface area (Å²) in [5.41, 5.74) is 0.666. The summed E-state index contributed by atoms with van der Waals surface area (Å²) in [5, 5.41) is 0. The third-order valence-electron chi connectivity index (χ3n) is 2.06. The van der Waals surface area contributed by atoms with Crippen LogP contribution < -0.4 is 4.74 Å². The average molecular weight is 188 g/mol. The van der Waals surface area contributed by atoms with Crippen LogP contribution in [0.1, 0.15) is 24.2 Å². The lowest BCUT2D eigenvalue weighted by atomic mass is 10.1. The summed E-state index contributed by atoms with van der Waals surface area (Å²) in [4.78, 5) is 11.7. The number of benzene rings is 1. The molecule has 0 bridgehead atoms. The van der Waals surface area contributed by atoms with Crippen LogP contribution >= 0.6 is 0 Å². The Morgan fingerprint density at radius 1 is 1.29 bits per heavy atom. The number of ketones is 1. The minimum atomic E-state index is -0.00528. The van der Waals surface area contributed by atoms with Crippen LogP contribution in [0.5, 0.6) is 5.75 Å². The van der Waals surface area contributed by atoms with Gasteiger partial charge in [0.05, 0.1) is 5.56 Å². The molecule has 72 valence electrons. The number of fused-ring (bicyclic) bond motifs is 1. The van der Waals surface area contributed by atoms with Crippen molar-refractivity contribution < 1.29 is 9.53 Å². The van der Waals surface area contributed by atoms with Gasteiger partial charge in [-0.3, -0.25) is 4.79 Å². The molecule has 0 radical (unpaired) electrons. The maximum atomic E-state index is 11.7. The van der Waals surface area contributed by atoms with E-state index in [2.05, 4.69) is 0 Å². The smallest absolute Gasteiger partial charge is 0.231 e. The van der Waals surface area contributed by atoms with E-state index in [1.807, 2.05) is 38.1 Å².